The molecule has 1 atom stereocenters. The van der Waals surface area contributed by atoms with Gasteiger partial charge in [0, 0.05) is 12.3 Å². The maximum atomic E-state index is 13.8. The van der Waals surface area contributed by atoms with Gasteiger partial charge < -0.3 is 9.47 Å². The summed E-state index contributed by atoms with van der Waals surface area (Å²) >= 11 is 5.67. The van der Waals surface area contributed by atoms with Crippen LogP contribution in [0.5, 0.6) is 11.5 Å². The number of benzene rings is 2. The molecular formula is C17H16ClFO2. The molecule has 2 aromatic carbocycles. The highest BCUT2D eigenvalue weighted by Gasteiger charge is 2.23. The molecule has 110 valence electrons. The summed E-state index contributed by atoms with van der Waals surface area (Å²) in [5.41, 5.74) is 3.13. The van der Waals surface area contributed by atoms with Crippen LogP contribution in [0.25, 0.3) is 0 Å². The van der Waals surface area contributed by atoms with Gasteiger partial charge >= 0.3 is 0 Å². The molecule has 0 radical (unpaired) electrons. The molecule has 1 aliphatic heterocycles. The second kappa shape index (κ2) is 5.94. The van der Waals surface area contributed by atoms with Crippen molar-refractivity contribution in [3.8, 4) is 11.5 Å². The Kier molecular flexibility index (Phi) is 4.02. The van der Waals surface area contributed by atoms with E-state index in [1.807, 2.05) is 12.1 Å². The van der Waals surface area contributed by atoms with E-state index in [0.29, 0.717) is 6.61 Å². The third-order valence-electron chi connectivity index (χ3n) is 3.53. The topological polar surface area (TPSA) is 18.5 Å². The highest BCUT2D eigenvalue weighted by atomic mass is 35.5. The van der Waals surface area contributed by atoms with Crippen LogP contribution < -0.4 is 9.47 Å². The smallest absolute Gasteiger partial charge is 0.165 e. The Labute approximate surface area is 128 Å². The summed E-state index contributed by atoms with van der Waals surface area (Å²) in [6, 6.07) is 10.9. The number of halogens is 2. The van der Waals surface area contributed by atoms with Crippen molar-refractivity contribution < 1.29 is 13.9 Å². The van der Waals surface area contributed by atoms with Crippen LogP contribution in [0.2, 0.25) is 0 Å². The molecule has 3 rings (SSSR count). The minimum Gasteiger partial charge on any atom is -0.487 e. The predicted molar refractivity (Wildman–Crippen MR) is 80.8 cm³/mol. The monoisotopic (exact) mass is 306 g/mol. The van der Waals surface area contributed by atoms with Crippen LogP contribution in [0.15, 0.2) is 36.4 Å². The maximum absolute atomic E-state index is 13.8. The highest BCUT2D eigenvalue weighted by molar-refractivity contribution is 6.17. The first-order valence-corrected chi connectivity index (χ1v) is 7.42. The lowest BCUT2D eigenvalue weighted by Crippen LogP contribution is -2.22. The molecule has 4 heteroatoms. The number of hydrogen-bond donors (Lipinski definition) is 0. The van der Waals surface area contributed by atoms with Crippen molar-refractivity contribution in [2.75, 3.05) is 6.61 Å². The summed E-state index contributed by atoms with van der Waals surface area (Å²) in [7, 11) is 0. The molecule has 2 aromatic rings. The summed E-state index contributed by atoms with van der Waals surface area (Å²) in [6.07, 6.45) is 0.715. The van der Waals surface area contributed by atoms with E-state index in [0.717, 1.165) is 17.7 Å². The number of fused-ring (bicyclic) bond motifs is 1. The summed E-state index contributed by atoms with van der Waals surface area (Å²) in [4.78, 5) is 0. The van der Waals surface area contributed by atoms with Crippen LogP contribution in [0, 0.1) is 12.7 Å². The molecule has 0 fully saturated rings. The van der Waals surface area contributed by atoms with Crippen molar-refractivity contribution in [3.63, 3.8) is 0 Å². The zero-order valence-electron chi connectivity index (χ0n) is 11.7. The third kappa shape index (κ3) is 3.13. The molecule has 2 nitrogen and oxygen atoms in total. The summed E-state index contributed by atoms with van der Waals surface area (Å²) in [5, 5.41) is 0. The molecular weight excluding hydrogens is 291 g/mol. The minimum absolute atomic E-state index is 0.0751. The van der Waals surface area contributed by atoms with Gasteiger partial charge in [-0.3, -0.25) is 0 Å². The maximum Gasteiger partial charge on any atom is 0.165 e. The number of ether oxygens (including phenoxy) is 2. The quantitative estimate of drug-likeness (QED) is 0.786. The molecule has 1 unspecified atom stereocenters. The first kappa shape index (κ1) is 14.2. The summed E-state index contributed by atoms with van der Waals surface area (Å²) in [6.45, 7) is 2.38. The number of rotatable bonds is 4. The van der Waals surface area contributed by atoms with Gasteiger partial charge in [0.25, 0.3) is 0 Å². The molecule has 0 amide bonds. The van der Waals surface area contributed by atoms with Gasteiger partial charge in [-0.25, -0.2) is 4.39 Å². The molecule has 0 saturated carbocycles. The zero-order valence-corrected chi connectivity index (χ0v) is 12.5. The molecule has 1 aliphatic rings. The molecule has 1 heterocycles. The Balaban J connectivity index is 1.62. The van der Waals surface area contributed by atoms with E-state index >= 15 is 0 Å². The highest BCUT2D eigenvalue weighted by Crippen LogP contribution is 2.30. The molecule has 0 saturated heterocycles. The Morgan fingerprint density at radius 3 is 2.90 bits per heavy atom. The Morgan fingerprint density at radius 1 is 1.29 bits per heavy atom. The Morgan fingerprint density at radius 2 is 2.14 bits per heavy atom. The molecule has 0 aromatic heterocycles. The van der Waals surface area contributed by atoms with Crippen molar-refractivity contribution >= 4 is 11.6 Å². The normalized spacial score (nSPS) is 16.4. The van der Waals surface area contributed by atoms with Crippen molar-refractivity contribution in [1.29, 1.82) is 0 Å². The molecule has 0 spiro atoms. The van der Waals surface area contributed by atoms with Crippen LogP contribution >= 0.6 is 11.6 Å². The van der Waals surface area contributed by atoms with Crippen LogP contribution in [0.3, 0.4) is 0 Å². The Hall–Kier alpha value is -1.74. The van der Waals surface area contributed by atoms with Gasteiger partial charge in [-0.2, -0.15) is 0 Å². The number of aryl methyl sites for hydroxylation is 1. The number of hydrogen-bond acceptors (Lipinski definition) is 2. The molecule has 0 N–H and O–H groups in total. The standard InChI is InChI=1S/C17H16ClFO2/c1-11-2-4-16-13(6-11)8-14(21-16)10-20-17-5-3-12(9-18)7-15(17)19/h2-7,14H,8-10H2,1H3. The van der Waals surface area contributed by atoms with E-state index in [9.17, 15) is 4.39 Å². The number of alkyl halides is 1. The van der Waals surface area contributed by atoms with Crippen molar-refractivity contribution in [2.24, 2.45) is 0 Å². The van der Waals surface area contributed by atoms with Gasteiger partial charge in [0.2, 0.25) is 0 Å². The van der Waals surface area contributed by atoms with E-state index < -0.39 is 0 Å². The molecule has 0 aliphatic carbocycles. The van der Waals surface area contributed by atoms with Gasteiger partial charge in [0.1, 0.15) is 18.5 Å². The SMILES string of the molecule is Cc1ccc2c(c1)CC(COc1ccc(CCl)cc1F)O2. The zero-order chi connectivity index (χ0) is 14.8. The second-order valence-corrected chi connectivity index (χ2v) is 5.53. The lowest BCUT2D eigenvalue weighted by molar-refractivity contribution is 0.145. The fourth-order valence-corrected chi connectivity index (χ4v) is 2.64. The third-order valence-corrected chi connectivity index (χ3v) is 3.84. The largest absolute Gasteiger partial charge is 0.487 e. The van der Waals surface area contributed by atoms with Gasteiger partial charge in [0.05, 0.1) is 0 Å². The van der Waals surface area contributed by atoms with E-state index in [4.69, 9.17) is 21.1 Å². The second-order valence-electron chi connectivity index (χ2n) is 5.26. The van der Waals surface area contributed by atoms with Gasteiger partial charge in [-0.15, -0.1) is 11.6 Å². The predicted octanol–water partition coefficient (Wildman–Crippen LogP) is 4.26. The Bertz CT molecular complexity index is 657. The van der Waals surface area contributed by atoms with Gasteiger partial charge in [-0.1, -0.05) is 23.8 Å². The van der Waals surface area contributed by atoms with E-state index in [1.165, 1.54) is 17.2 Å². The van der Waals surface area contributed by atoms with E-state index in [2.05, 4.69) is 13.0 Å². The van der Waals surface area contributed by atoms with Crippen molar-refractivity contribution in [2.45, 2.75) is 25.3 Å². The van der Waals surface area contributed by atoms with Crippen molar-refractivity contribution in [3.05, 3.63) is 58.9 Å². The van der Waals surface area contributed by atoms with Crippen LogP contribution in [-0.2, 0) is 12.3 Å². The first-order chi connectivity index (χ1) is 10.2. The summed E-state index contributed by atoms with van der Waals surface area (Å²) < 4.78 is 25.1. The van der Waals surface area contributed by atoms with Gasteiger partial charge in [-0.05, 0) is 36.2 Å². The molecule has 0 bridgehead atoms. The first-order valence-electron chi connectivity index (χ1n) is 6.89. The fourth-order valence-electron chi connectivity index (χ4n) is 2.47. The van der Waals surface area contributed by atoms with E-state index in [1.54, 1.807) is 12.1 Å². The van der Waals surface area contributed by atoms with Crippen LogP contribution in [0.1, 0.15) is 16.7 Å². The van der Waals surface area contributed by atoms with Crippen LogP contribution in [-0.4, -0.2) is 12.7 Å². The van der Waals surface area contributed by atoms with Crippen LogP contribution in [0.4, 0.5) is 4.39 Å². The lowest BCUT2D eigenvalue weighted by Gasteiger charge is -2.13. The lowest BCUT2D eigenvalue weighted by atomic mass is 10.1. The summed E-state index contributed by atoms with van der Waals surface area (Å²) in [5.74, 6) is 1.03. The van der Waals surface area contributed by atoms with E-state index in [-0.39, 0.29) is 23.6 Å². The fraction of sp³-hybridized carbons (Fsp3) is 0.294. The van der Waals surface area contributed by atoms with Gasteiger partial charge in [0.15, 0.2) is 11.6 Å². The minimum atomic E-state index is -0.389. The van der Waals surface area contributed by atoms with Crippen molar-refractivity contribution in [1.82, 2.24) is 0 Å². The molecule has 21 heavy (non-hydrogen) atoms. The average molecular weight is 307 g/mol. The average Bonchev–Trinajstić information content (AvgIpc) is 2.87.